The Labute approximate surface area is 163 Å². The number of hydrogen-bond acceptors (Lipinski definition) is 4. The zero-order valence-corrected chi connectivity index (χ0v) is 16.3. The van der Waals surface area contributed by atoms with Gasteiger partial charge in [0.2, 0.25) is 0 Å². The molecule has 4 rings (SSSR count). The van der Waals surface area contributed by atoms with Crippen LogP contribution in [0.1, 0.15) is 47.8 Å². The first kappa shape index (κ1) is 17.8. The number of anilines is 1. The fourth-order valence-electron chi connectivity index (χ4n) is 3.96. The van der Waals surface area contributed by atoms with Crippen molar-refractivity contribution < 1.29 is 4.79 Å². The number of imidazole rings is 1. The highest BCUT2D eigenvalue weighted by Gasteiger charge is 2.33. The second-order valence-electron chi connectivity index (χ2n) is 7.07. The molecule has 2 aliphatic rings. The van der Waals surface area contributed by atoms with Crippen LogP contribution in [0.3, 0.4) is 0 Å². The summed E-state index contributed by atoms with van der Waals surface area (Å²) in [5.74, 6) is 0.429. The van der Waals surface area contributed by atoms with E-state index in [0.717, 1.165) is 49.7 Å². The predicted molar refractivity (Wildman–Crippen MR) is 105 cm³/mol. The summed E-state index contributed by atoms with van der Waals surface area (Å²) in [5.41, 5.74) is 3.11. The number of hydrogen-bond donors (Lipinski definition) is 1. The van der Waals surface area contributed by atoms with Crippen LogP contribution in [0.5, 0.6) is 0 Å². The summed E-state index contributed by atoms with van der Waals surface area (Å²) < 4.78 is 0. The van der Waals surface area contributed by atoms with Crippen LogP contribution < -0.4 is 4.90 Å². The molecule has 7 heteroatoms. The SMILES string of the molecule is CC(=O)c1nc2c([nH]1)CCN(c1ccc(Cl)c(Cl)c1)C2CN1CCCC1. The molecule has 1 atom stereocenters. The van der Waals surface area contributed by atoms with Gasteiger partial charge >= 0.3 is 0 Å². The molecule has 1 aromatic carbocycles. The molecule has 1 aromatic heterocycles. The highest BCUT2D eigenvalue weighted by atomic mass is 35.5. The molecule has 26 heavy (non-hydrogen) atoms. The number of fused-ring (bicyclic) bond motifs is 1. The molecule has 1 saturated heterocycles. The van der Waals surface area contributed by atoms with Crippen molar-refractivity contribution in [2.75, 3.05) is 31.1 Å². The Morgan fingerprint density at radius 1 is 1.23 bits per heavy atom. The number of aromatic nitrogens is 2. The van der Waals surface area contributed by atoms with Gasteiger partial charge in [0.25, 0.3) is 0 Å². The Bertz CT molecular complexity index is 829. The molecule has 2 aromatic rings. The molecule has 0 saturated carbocycles. The zero-order chi connectivity index (χ0) is 18.3. The van der Waals surface area contributed by atoms with Crippen LogP contribution in [0.4, 0.5) is 5.69 Å². The number of rotatable bonds is 4. The lowest BCUT2D eigenvalue weighted by Crippen LogP contribution is -2.42. The topological polar surface area (TPSA) is 52.2 Å². The Hall–Kier alpha value is -1.56. The second-order valence-corrected chi connectivity index (χ2v) is 7.89. The molecule has 1 N–H and O–H groups in total. The van der Waals surface area contributed by atoms with Gasteiger partial charge in [-0.2, -0.15) is 0 Å². The number of halogens is 2. The average molecular weight is 393 g/mol. The monoisotopic (exact) mass is 392 g/mol. The number of nitrogens with zero attached hydrogens (tertiary/aromatic N) is 3. The molecule has 0 bridgehead atoms. The summed E-state index contributed by atoms with van der Waals surface area (Å²) in [6, 6.07) is 5.87. The van der Waals surface area contributed by atoms with Gasteiger partial charge in [0.15, 0.2) is 11.6 Å². The van der Waals surface area contributed by atoms with E-state index >= 15 is 0 Å². The number of likely N-dealkylation sites (tertiary alicyclic amines) is 1. The summed E-state index contributed by atoms with van der Waals surface area (Å²) in [5, 5.41) is 1.11. The summed E-state index contributed by atoms with van der Waals surface area (Å²) >= 11 is 12.4. The number of H-pyrrole nitrogens is 1. The molecule has 0 aliphatic carbocycles. The Balaban J connectivity index is 1.71. The first-order chi connectivity index (χ1) is 12.5. The van der Waals surface area contributed by atoms with Gasteiger partial charge in [0, 0.05) is 37.8 Å². The van der Waals surface area contributed by atoms with Crippen molar-refractivity contribution in [1.29, 1.82) is 0 Å². The number of nitrogens with one attached hydrogen (secondary N) is 1. The van der Waals surface area contributed by atoms with Crippen LogP contribution in [0.25, 0.3) is 0 Å². The number of Topliss-reactive ketones (excluding diaryl/α,β-unsaturated/α-hetero) is 1. The quantitative estimate of drug-likeness (QED) is 0.795. The third-order valence-corrected chi connectivity index (χ3v) is 6.04. The van der Waals surface area contributed by atoms with Gasteiger partial charge in [-0.05, 0) is 44.1 Å². The largest absolute Gasteiger partial charge is 0.361 e. The molecular weight excluding hydrogens is 371 g/mol. The third kappa shape index (κ3) is 3.36. The van der Waals surface area contributed by atoms with Crippen molar-refractivity contribution in [3.05, 3.63) is 45.5 Å². The molecule has 1 unspecified atom stereocenters. The fraction of sp³-hybridized carbons (Fsp3) is 0.474. The smallest absolute Gasteiger partial charge is 0.194 e. The van der Waals surface area contributed by atoms with E-state index in [-0.39, 0.29) is 11.8 Å². The molecule has 0 spiro atoms. The van der Waals surface area contributed by atoms with E-state index < -0.39 is 0 Å². The average Bonchev–Trinajstić information content (AvgIpc) is 3.27. The van der Waals surface area contributed by atoms with Gasteiger partial charge in [-0.3, -0.25) is 4.79 Å². The lowest BCUT2D eigenvalue weighted by Gasteiger charge is -2.38. The van der Waals surface area contributed by atoms with Crippen molar-refractivity contribution in [1.82, 2.24) is 14.9 Å². The molecule has 1 fully saturated rings. The van der Waals surface area contributed by atoms with Crippen molar-refractivity contribution in [3.63, 3.8) is 0 Å². The first-order valence-electron chi connectivity index (χ1n) is 9.06. The number of benzene rings is 1. The van der Waals surface area contributed by atoms with Crippen LogP contribution in [-0.2, 0) is 6.42 Å². The van der Waals surface area contributed by atoms with Gasteiger partial charge in [-0.1, -0.05) is 23.2 Å². The molecule has 138 valence electrons. The van der Waals surface area contributed by atoms with E-state index in [9.17, 15) is 4.79 Å². The van der Waals surface area contributed by atoms with Gasteiger partial charge in [0.1, 0.15) is 0 Å². The van der Waals surface area contributed by atoms with E-state index in [1.54, 1.807) is 6.92 Å². The molecule has 5 nitrogen and oxygen atoms in total. The second kappa shape index (κ2) is 7.22. The minimum Gasteiger partial charge on any atom is -0.361 e. The number of aromatic amines is 1. The van der Waals surface area contributed by atoms with Crippen LogP contribution in [0.2, 0.25) is 10.0 Å². The lowest BCUT2D eigenvalue weighted by atomic mass is 10.0. The van der Waals surface area contributed by atoms with Crippen LogP contribution in [0, 0.1) is 0 Å². The van der Waals surface area contributed by atoms with Gasteiger partial charge in [0.05, 0.1) is 21.8 Å². The Morgan fingerprint density at radius 3 is 2.69 bits per heavy atom. The maximum atomic E-state index is 11.8. The van der Waals surface area contributed by atoms with Gasteiger partial charge < -0.3 is 14.8 Å². The van der Waals surface area contributed by atoms with Crippen LogP contribution in [0.15, 0.2) is 18.2 Å². The van der Waals surface area contributed by atoms with Gasteiger partial charge in [-0.15, -0.1) is 0 Å². The van der Waals surface area contributed by atoms with Crippen molar-refractivity contribution in [2.24, 2.45) is 0 Å². The van der Waals surface area contributed by atoms with Crippen molar-refractivity contribution >= 4 is 34.7 Å². The van der Waals surface area contributed by atoms with Crippen LogP contribution in [-0.4, -0.2) is 46.8 Å². The Morgan fingerprint density at radius 2 is 2.00 bits per heavy atom. The normalized spacial score (nSPS) is 20.4. The predicted octanol–water partition coefficient (Wildman–Crippen LogP) is 4.12. The zero-order valence-electron chi connectivity index (χ0n) is 14.8. The third-order valence-electron chi connectivity index (χ3n) is 5.30. The number of carbonyl (C=O) groups is 1. The minimum atomic E-state index is -0.0274. The molecule has 0 radical (unpaired) electrons. The maximum Gasteiger partial charge on any atom is 0.194 e. The highest BCUT2D eigenvalue weighted by molar-refractivity contribution is 6.42. The Kier molecular flexibility index (Phi) is 4.95. The molecule has 3 heterocycles. The fourth-order valence-corrected chi connectivity index (χ4v) is 4.25. The van der Waals surface area contributed by atoms with E-state index in [1.807, 2.05) is 18.2 Å². The standard InChI is InChI=1S/C19H22Cl2N4O/c1-12(26)19-22-16-6-9-25(13-4-5-14(20)15(21)10-13)17(18(16)23-19)11-24-7-2-3-8-24/h4-5,10,17H,2-3,6-9,11H2,1H3,(H,22,23). The van der Waals surface area contributed by atoms with E-state index in [4.69, 9.17) is 23.2 Å². The number of carbonyl (C=O) groups excluding carboxylic acids is 1. The number of ketones is 1. The van der Waals surface area contributed by atoms with Crippen molar-refractivity contribution in [3.8, 4) is 0 Å². The minimum absolute atomic E-state index is 0.0274. The summed E-state index contributed by atoms with van der Waals surface area (Å²) in [6.07, 6.45) is 3.31. The van der Waals surface area contributed by atoms with E-state index in [0.29, 0.717) is 15.9 Å². The van der Waals surface area contributed by atoms with Crippen LogP contribution >= 0.6 is 23.2 Å². The molecule has 2 aliphatic heterocycles. The van der Waals surface area contributed by atoms with Crippen molar-refractivity contribution in [2.45, 2.75) is 32.2 Å². The molecular formula is C19H22Cl2N4O. The first-order valence-corrected chi connectivity index (χ1v) is 9.82. The highest BCUT2D eigenvalue weighted by Crippen LogP contribution is 2.36. The summed E-state index contributed by atoms with van der Waals surface area (Å²) in [7, 11) is 0. The maximum absolute atomic E-state index is 11.8. The lowest BCUT2D eigenvalue weighted by molar-refractivity contribution is 0.100. The van der Waals surface area contributed by atoms with E-state index in [1.165, 1.54) is 12.8 Å². The van der Waals surface area contributed by atoms with Gasteiger partial charge in [-0.25, -0.2) is 4.98 Å². The molecule has 0 amide bonds. The van der Waals surface area contributed by atoms with E-state index in [2.05, 4.69) is 19.8 Å². The summed E-state index contributed by atoms with van der Waals surface area (Å²) in [4.78, 5) is 24.5. The summed E-state index contributed by atoms with van der Waals surface area (Å²) in [6.45, 7) is 5.53.